The Kier molecular flexibility index (Phi) is 7.58. The monoisotopic (exact) mass is 486 g/mol. The molecule has 0 aliphatic carbocycles. The highest BCUT2D eigenvalue weighted by atomic mass is 16.5. The number of likely N-dealkylation sites (tertiary alicyclic amines) is 1. The molecule has 12 nitrogen and oxygen atoms in total. The minimum atomic E-state index is -1.18. The number of aryl methyl sites for hydroxylation is 1. The topological polar surface area (TPSA) is 142 Å². The molecule has 1 aromatic carbocycles. The number of carboxylic acid groups (broad SMARTS) is 1. The van der Waals surface area contributed by atoms with Crippen molar-refractivity contribution in [2.75, 3.05) is 39.3 Å². The van der Waals surface area contributed by atoms with Gasteiger partial charge in [-0.1, -0.05) is 18.7 Å². The van der Waals surface area contributed by atoms with E-state index >= 15 is 0 Å². The molecule has 13 heteroatoms. The van der Waals surface area contributed by atoms with Crippen molar-refractivity contribution < 1.29 is 29.1 Å². The first-order valence-corrected chi connectivity index (χ1v) is 11.5. The van der Waals surface area contributed by atoms with Crippen LogP contribution < -0.4 is 14.7 Å². The minimum absolute atomic E-state index is 0. The molecule has 0 radical (unpaired) electrons. The average molecular weight is 486 g/mol. The van der Waals surface area contributed by atoms with Gasteiger partial charge in [0.1, 0.15) is 29.7 Å². The smallest absolute Gasteiger partial charge is 0.522 e. The van der Waals surface area contributed by atoms with E-state index in [9.17, 15) is 19.7 Å². The Morgan fingerprint density at radius 3 is 2.77 bits per heavy atom. The fraction of sp³-hybridized carbons (Fsp3) is 0.545. The number of aromatic nitrogens is 3. The van der Waals surface area contributed by atoms with Crippen molar-refractivity contribution in [2.45, 2.75) is 39.4 Å². The molecule has 2 aromatic rings. The molecule has 5 rings (SSSR count). The summed E-state index contributed by atoms with van der Waals surface area (Å²) in [5.41, 5.74) is 1.46. The van der Waals surface area contributed by atoms with E-state index in [1.807, 2.05) is 0 Å². The second-order valence-corrected chi connectivity index (χ2v) is 8.82. The maximum atomic E-state index is 12.6. The summed E-state index contributed by atoms with van der Waals surface area (Å²) >= 11 is 0. The van der Waals surface area contributed by atoms with Crippen molar-refractivity contribution >= 4 is 19.0 Å². The number of piperazine rings is 1. The van der Waals surface area contributed by atoms with Crippen molar-refractivity contribution in [3.05, 3.63) is 35.2 Å². The van der Waals surface area contributed by atoms with E-state index in [0.29, 0.717) is 32.4 Å². The summed E-state index contributed by atoms with van der Waals surface area (Å²) in [5.74, 6) is -0.963. The van der Waals surface area contributed by atoms with Crippen molar-refractivity contribution in [1.82, 2.24) is 30.1 Å². The van der Waals surface area contributed by atoms with Crippen LogP contribution in [0.15, 0.2) is 18.3 Å². The van der Waals surface area contributed by atoms with E-state index in [0.717, 1.165) is 37.4 Å². The maximum Gasteiger partial charge on any atom is 0.522 e. The predicted octanol–water partition coefficient (Wildman–Crippen LogP) is -0.277. The zero-order chi connectivity index (χ0) is 23.7. The number of ether oxygens (including phenoxy) is 1. The van der Waals surface area contributed by atoms with E-state index < -0.39 is 13.1 Å². The van der Waals surface area contributed by atoms with E-state index in [1.54, 1.807) is 27.9 Å². The molecule has 0 saturated carbocycles. The molecule has 0 atom stereocenters. The number of carbonyl (C=O) groups excluding carboxylic acids is 1. The van der Waals surface area contributed by atoms with Crippen LogP contribution in [0.1, 0.15) is 29.0 Å². The van der Waals surface area contributed by atoms with Gasteiger partial charge in [0.15, 0.2) is 0 Å². The Balaban J connectivity index is 0.00000289. The summed E-state index contributed by atoms with van der Waals surface area (Å²) in [6.07, 6.45) is 2.42. The average Bonchev–Trinajstić information content (AvgIpc) is 3.22. The minimum Gasteiger partial charge on any atom is -0.535 e. The second-order valence-electron chi connectivity index (χ2n) is 8.82. The molecule has 3 aliphatic rings. The van der Waals surface area contributed by atoms with E-state index in [1.165, 1.54) is 0 Å². The largest absolute Gasteiger partial charge is 0.535 e. The van der Waals surface area contributed by atoms with Crippen molar-refractivity contribution in [3.63, 3.8) is 0 Å². The standard InChI is InChI=1S/C21H27BN6O6.CH4/c29-18(13-28-10-15(24-25-28)9-26-7-5-23-6-8-26)27-11-16(12-27)33-17-2-1-14-3-4-22(32)34-20(14)19(17)21(30)31;/h1-2,10,16,23,32H,3-9,11-13H2,(H,30,31);1H4. The number of nitrogens with zero attached hydrogens (tertiary/aromatic N) is 5. The number of hydrogen-bond acceptors (Lipinski definition) is 9. The molecule has 3 N–H and O–H groups in total. The van der Waals surface area contributed by atoms with E-state index in [-0.39, 0.29) is 43.0 Å². The van der Waals surface area contributed by atoms with Crippen LogP contribution in [0.5, 0.6) is 11.5 Å². The quantitative estimate of drug-likeness (QED) is 0.448. The van der Waals surface area contributed by atoms with Gasteiger partial charge in [-0.25, -0.2) is 9.48 Å². The van der Waals surface area contributed by atoms with Gasteiger partial charge < -0.3 is 29.7 Å². The Hall–Kier alpha value is -3.16. The molecule has 2 fully saturated rings. The van der Waals surface area contributed by atoms with Gasteiger partial charge in [-0.05, 0) is 24.4 Å². The highest BCUT2D eigenvalue weighted by Gasteiger charge is 2.35. The molecule has 2 saturated heterocycles. The number of fused-ring (bicyclic) bond motifs is 1. The number of nitrogens with one attached hydrogen (secondary N) is 1. The first-order valence-electron chi connectivity index (χ1n) is 11.5. The van der Waals surface area contributed by atoms with Crippen LogP contribution in [0.4, 0.5) is 0 Å². The van der Waals surface area contributed by atoms with Gasteiger partial charge in [0.25, 0.3) is 0 Å². The summed E-state index contributed by atoms with van der Waals surface area (Å²) in [4.78, 5) is 28.4. The number of aromatic carboxylic acids is 1. The number of carboxylic acids is 1. The normalized spacial score (nSPS) is 18.2. The van der Waals surface area contributed by atoms with Crippen LogP contribution in [0.2, 0.25) is 6.32 Å². The third kappa shape index (κ3) is 5.58. The van der Waals surface area contributed by atoms with Crippen molar-refractivity contribution in [2.24, 2.45) is 0 Å². The maximum absolute atomic E-state index is 12.6. The first kappa shape index (κ1) is 25.0. The number of amides is 1. The second kappa shape index (κ2) is 10.6. The summed E-state index contributed by atoms with van der Waals surface area (Å²) in [7, 11) is -1.04. The third-order valence-electron chi connectivity index (χ3n) is 6.30. The van der Waals surface area contributed by atoms with Crippen molar-refractivity contribution in [1.29, 1.82) is 0 Å². The number of carbonyl (C=O) groups is 2. The SMILES string of the molecule is C.O=C(O)c1c(OC2CN(C(=O)Cn3cc(CN4CCNCC4)nn3)C2)ccc2c1OB(O)CC2. The molecule has 3 aliphatic heterocycles. The van der Waals surface area contributed by atoms with Crippen LogP contribution in [0.3, 0.4) is 0 Å². The van der Waals surface area contributed by atoms with Gasteiger partial charge >= 0.3 is 13.1 Å². The molecule has 35 heavy (non-hydrogen) atoms. The van der Waals surface area contributed by atoms with Crippen LogP contribution in [-0.2, 0) is 24.3 Å². The molecule has 1 amide bonds. The van der Waals surface area contributed by atoms with E-state index in [2.05, 4.69) is 20.5 Å². The Labute approximate surface area is 203 Å². The molecular formula is C22H31BN6O6. The molecular weight excluding hydrogens is 455 g/mol. The lowest BCUT2D eigenvalue weighted by molar-refractivity contribution is -0.140. The number of hydrogen-bond donors (Lipinski definition) is 3. The lowest BCUT2D eigenvalue weighted by Gasteiger charge is -2.39. The molecule has 4 heterocycles. The van der Waals surface area contributed by atoms with Gasteiger partial charge in [0, 0.05) is 32.7 Å². The molecule has 0 bridgehead atoms. The molecule has 1 aromatic heterocycles. The fourth-order valence-corrected chi connectivity index (χ4v) is 4.43. The Bertz CT molecular complexity index is 1070. The highest BCUT2D eigenvalue weighted by molar-refractivity contribution is 6.44. The van der Waals surface area contributed by atoms with Gasteiger partial charge in [-0.15, -0.1) is 5.10 Å². The molecule has 0 unspecified atom stereocenters. The molecule has 188 valence electrons. The summed E-state index contributed by atoms with van der Waals surface area (Å²) in [5, 5.41) is 31.0. The van der Waals surface area contributed by atoms with Crippen LogP contribution >= 0.6 is 0 Å². The zero-order valence-corrected chi connectivity index (χ0v) is 18.7. The van der Waals surface area contributed by atoms with Gasteiger partial charge in [-0.2, -0.15) is 0 Å². The van der Waals surface area contributed by atoms with Crippen LogP contribution in [0, 0.1) is 0 Å². The van der Waals surface area contributed by atoms with Gasteiger partial charge in [-0.3, -0.25) is 9.69 Å². The number of rotatable bonds is 7. The van der Waals surface area contributed by atoms with Gasteiger partial charge in [0.05, 0.1) is 25.0 Å². The van der Waals surface area contributed by atoms with Crippen LogP contribution in [0.25, 0.3) is 0 Å². The Morgan fingerprint density at radius 1 is 1.26 bits per heavy atom. The van der Waals surface area contributed by atoms with E-state index in [4.69, 9.17) is 9.39 Å². The highest BCUT2D eigenvalue weighted by Crippen LogP contribution is 2.37. The fourth-order valence-electron chi connectivity index (χ4n) is 4.43. The number of benzene rings is 1. The summed E-state index contributed by atoms with van der Waals surface area (Å²) < 4.78 is 12.8. The van der Waals surface area contributed by atoms with Gasteiger partial charge in [0.2, 0.25) is 5.91 Å². The zero-order valence-electron chi connectivity index (χ0n) is 18.7. The predicted molar refractivity (Wildman–Crippen MR) is 126 cm³/mol. The van der Waals surface area contributed by atoms with Crippen LogP contribution in [-0.4, -0.2) is 99.3 Å². The third-order valence-corrected chi connectivity index (χ3v) is 6.30. The summed E-state index contributed by atoms with van der Waals surface area (Å²) in [6.45, 7) is 5.33. The lowest BCUT2D eigenvalue weighted by Crippen LogP contribution is -2.57. The lowest BCUT2D eigenvalue weighted by atomic mass is 9.78. The Morgan fingerprint density at radius 2 is 2.03 bits per heavy atom. The molecule has 0 spiro atoms. The first-order chi connectivity index (χ1) is 16.5. The summed E-state index contributed by atoms with van der Waals surface area (Å²) in [6, 6.07) is 3.37. The van der Waals surface area contributed by atoms with Crippen molar-refractivity contribution in [3.8, 4) is 11.5 Å².